The van der Waals surface area contributed by atoms with Gasteiger partial charge in [0.25, 0.3) is 0 Å². The van der Waals surface area contributed by atoms with Crippen molar-refractivity contribution in [1.29, 1.82) is 0 Å². The van der Waals surface area contributed by atoms with E-state index in [-0.39, 0.29) is 30.6 Å². The maximum Gasteiger partial charge on any atom is 0.418 e. The van der Waals surface area contributed by atoms with Crippen LogP contribution in [0.15, 0.2) is 42.5 Å². The van der Waals surface area contributed by atoms with Gasteiger partial charge in [0.05, 0.1) is 24.3 Å². The molecule has 0 aliphatic carbocycles. The second-order valence-electron chi connectivity index (χ2n) is 7.64. The molecule has 8 heteroatoms. The molecule has 2 aromatic carbocycles. The summed E-state index contributed by atoms with van der Waals surface area (Å²) in [4.78, 5) is 26.5. The third-order valence-corrected chi connectivity index (χ3v) is 4.88. The molecule has 0 aliphatic rings. The molecule has 0 unspecified atom stereocenters. The van der Waals surface area contributed by atoms with Crippen molar-refractivity contribution >= 4 is 23.2 Å². The molecule has 0 saturated carbocycles. The average Bonchev–Trinajstić information content (AvgIpc) is 2.68. The maximum atomic E-state index is 13.1. The average molecular weight is 435 g/mol. The van der Waals surface area contributed by atoms with E-state index in [1.807, 2.05) is 39.0 Å². The van der Waals surface area contributed by atoms with Crippen LogP contribution in [0.4, 0.5) is 24.5 Å². The number of nitrogens with zero attached hydrogens (tertiary/aromatic N) is 1. The van der Waals surface area contributed by atoms with E-state index < -0.39 is 17.6 Å². The number of carbonyl (C=O) groups is 2. The van der Waals surface area contributed by atoms with Crippen molar-refractivity contribution in [3.05, 3.63) is 59.2 Å². The predicted octanol–water partition coefficient (Wildman–Crippen LogP) is 5.04. The number of hydrogen-bond donors (Lipinski definition) is 2. The van der Waals surface area contributed by atoms with Crippen molar-refractivity contribution in [1.82, 2.24) is 4.90 Å². The maximum absolute atomic E-state index is 13.1. The van der Waals surface area contributed by atoms with E-state index in [4.69, 9.17) is 0 Å². The lowest BCUT2D eigenvalue weighted by Gasteiger charge is -2.22. The quantitative estimate of drug-likeness (QED) is 0.611. The van der Waals surface area contributed by atoms with E-state index in [0.29, 0.717) is 6.54 Å². The fraction of sp³-hybridized carbons (Fsp3) is 0.391. The van der Waals surface area contributed by atoms with Gasteiger partial charge in [-0.2, -0.15) is 13.2 Å². The van der Waals surface area contributed by atoms with E-state index in [1.54, 1.807) is 11.8 Å². The van der Waals surface area contributed by atoms with E-state index in [1.165, 1.54) is 18.2 Å². The number of rotatable bonds is 8. The minimum Gasteiger partial charge on any atom is -0.324 e. The summed E-state index contributed by atoms with van der Waals surface area (Å²) in [6.45, 7) is 7.87. The zero-order valence-electron chi connectivity index (χ0n) is 18.1. The summed E-state index contributed by atoms with van der Waals surface area (Å²) >= 11 is 0. The Labute approximate surface area is 180 Å². The van der Waals surface area contributed by atoms with Crippen LogP contribution in [0.5, 0.6) is 0 Å². The number of para-hydroxylation sites is 2. The van der Waals surface area contributed by atoms with E-state index in [9.17, 15) is 22.8 Å². The van der Waals surface area contributed by atoms with Crippen molar-refractivity contribution in [2.45, 2.75) is 39.8 Å². The Morgan fingerprint density at radius 2 is 1.58 bits per heavy atom. The first-order valence-electron chi connectivity index (χ1n) is 10.1. The van der Waals surface area contributed by atoms with Crippen LogP contribution in [0, 0.1) is 6.92 Å². The molecule has 2 rings (SSSR count). The van der Waals surface area contributed by atoms with Gasteiger partial charge in [-0.3, -0.25) is 14.5 Å². The lowest BCUT2D eigenvalue weighted by atomic mass is 9.98. The SMILES string of the molecule is CCN(CC(=O)Nc1ccccc1C(F)(F)F)CC(=O)Nc1c(C)cccc1C(C)C. The number of anilines is 2. The van der Waals surface area contributed by atoms with Gasteiger partial charge in [-0.25, -0.2) is 0 Å². The summed E-state index contributed by atoms with van der Waals surface area (Å²) < 4.78 is 39.3. The topological polar surface area (TPSA) is 61.4 Å². The van der Waals surface area contributed by atoms with Gasteiger partial charge in [0.1, 0.15) is 0 Å². The van der Waals surface area contributed by atoms with E-state index in [2.05, 4.69) is 10.6 Å². The van der Waals surface area contributed by atoms with Crippen LogP contribution in [0.3, 0.4) is 0 Å². The fourth-order valence-electron chi connectivity index (χ4n) is 3.24. The highest BCUT2D eigenvalue weighted by atomic mass is 19.4. The van der Waals surface area contributed by atoms with Crippen molar-refractivity contribution in [3.8, 4) is 0 Å². The van der Waals surface area contributed by atoms with Crippen LogP contribution in [0.2, 0.25) is 0 Å². The van der Waals surface area contributed by atoms with Crippen molar-refractivity contribution < 1.29 is 22.8 Å². The first kappa shape index (κ1) is 24.4. The fourth-order valence-corrected chi connectivity index (χ4v) is 3.24. The highest BCUT2D eigenvalue weighted by molar-refractivity contribution is 5.96. The lowest BCUT2D eigenvalue weighted by Crippen LogP contribution is -2.39. The predicted molar refractivity (Wildman–Crippen MR) is 116 cm³/mol. The summed E-state index contributed by atoms with van der Waals surface area (Å²) in [6.07, 6.45) is -4.57. The third-order valence-electron chi connectivity index (χ3n) is 4.88. The summed E-state index contributed by atoms with van der Waals surface area (Å²) in [5.74, 6) is -0.691. The first-order chi connectivity index (χ1) is 14.5. The zero-order chi connectivity index (χ0) is 23.2. The molecule has 0 aliphatic heterocycles. The molecule has 0 heterocycles. The number of halogens is 3. The molecular weight excluding hydrogens is 407 g/mol. The number of amides is 2. The second kappa shape index (κ2) is 10.4. The molecule has 0 spiro atoms. The van der Waals surface area contributed by atoms with Crippen molar-refractivity contribution in [2.24, 2.45) is 0 Å². The lowest BCUT2D eigenvalue weighted by molar-refractivity contribution is -0.137. The number of aryl methyl sites for hydroxylation is 1. The number of benzene rings is 2. The summed E-state index contributed by atoms with van der Waals surface area (Å²) in [7, 11) is 0. The van der Waals surface area contributed by atoms with Crippen LogP contribution in [-0.4, -0.2) is 36.3 Å². The first-order valence-corrected chi connectivity index (χ1v) is 10.1. The molecular formula is C23H28F3N3O2. The molecule has 0 bridgehead atoms. The molecule has 0 saturated heterocycles. The summed E-state index contributed by atoms with van der Waals surface area (Å²) in [5, 5.41) is 5.22. The molecule has 31 heavy (non-hydrogen) atoms. The number of alkyl halides is 3. The van der Waals surface area contributed by atoms with Gasteiger partial charge in [0, 0.05) is 5.69 Å². The molecule has 168 valence electrons. The summed E-state index contributed by atoms with van der Waals surface area (Å²) in [5.41, 5.74) is 1.48. The third kappa shape index (κ3) is 6.82. The monoisotopic (exact) mass is 435 g/mol. The van der Waals surface area contributed by atoms with E-state index in [0.717, 1.165) is 22.9 Å². The largest absolute Gasteiger partial charge is 0.418 e. The highest BCUT2D eigenvalue weighted by Crippen LogP contribution is 2.34. The number of nitrogens with one attached hydrogen (secondary N) is 2. The molecule has 2 N–H and O–H groups in total. The highest BCUT2D eigenvalue weighted by Gasteiger charge is 2.33. The molecule has 2 amide bonds. The molecule has 0 aromatic heterocycles. The number of hydrogen-bond acceptors (Lipinski definition) is 3. The zero-order valence-corrected chi connectivity index (χ0v) is 18.1. The normalized spacial score (nSPS) is 11.6. The Bertz CT molecular complexity index is 927. The number of carbonyl (C=O) groups excluding carboxylic acids is 2. The molecule has 0 atom stereocenters. The molecule has 5 nitrogen and oxygen atoms in total. The second-order valence-corrected chi connectivity index (χ2v) is 7.64. The Kier molecular flexibility index (Phi) is 8.21. The van der Waals surface area contributed by atoms with Gasteiger partial charge < -0.3 is 10.6 Å². The Hall–Kier alpha value is -2.87. The minimum absolute atomic E-state index is 0.0588. The van der Waals surface area contributed by atoms with Crippen molar-refractivity contribution in [2.75, 3.05) is 30.3 Å². The van der Waals surface area contributed by atoms with Gasteiger partial charge in [-0.05, 0) is 42.6 Å². The van der Waals surface area contributed by atoms with Crippen LogP contribution in [0.25, 0.3) is 0 Å². The Morgan fingerprint density at radius 3 is 2.16 bits per heavy atom. The van der Waals surface area contributed by atoms with Crippen LogP contribution < -0.4 is 10.6 Å². The van der Waals surface area contributed by atoms with Gasteiger partial charge in [-0.15, -0.1) is 0 Å². The van der Waals surface area contributed by atoms with Crippen LogP contribution in [0.1, 0.15) is 43.4 Å². The molecule has 2 aromatic rings. The standard InChI is InChI=1S/C23H28F3N3O2/c1-5-29(13-20(30)27-19-12-7-6-11-18(19)23(24,25)26)14-21(31)28-22-16(4)9-8-10-17(22)15(2)3/h6-12,15H,5,13-14H2,1-4H3,(H,27,30)(H,28,31). The van der Waals surface area contributed by atoms with Gasteiger partial charge in [-0.1, -0.05) is 51.1 Å². The van der Waals surface area contributed by atoms with E-state index >= 15 is 0 Å². The Balaban J connectivity index is 2.03. The van der Waals surface area contributed by atoms with Gasteiger partial charge in [0.2, 0.25) is 11.8 Å². The minimum atomic E-state index is -4.57. The Morgan fingerprint density at radius 1 is 0.968 bits per heavy atom. The molecule has 0 radical (unpaired) electrons. The number of likely N-dealkylation sites (N-methyl/N-ethyl adjacent to an activating group) is 1. The summed E-state index contributed by atoms with van der Waals surface area (Å²) in [6, 6.07) is 10.6. The van der Waals surface area contributed by atoms with Crippen LogP contribution >= 0.6 is 0 Å². The van der Waals surface area contributed by atoms with Gasteiger partial charge >= 0.3 is 6.18 Å². The smallest absolute Gasteiger partial charge is 0.324 e. The van der Waals surface area contributed by atoms with Crippen LogP contribution in [-0.2, 0) is 15.8 Å². The van der Waals surface area contributed by atoms with Gasteiger partial charge in [0.15, 0.2) is 0 Å². The molecule has 0 fully saturated rings. The van der Waals surface area contributed by atoms with Crippen molar-refractivity contribution in [3.63, 3.8) is 0 Å².